The summed E-state index contributed by atoms with van der Waals surface area (Å²) in [6.45, 7) is 8.67. The molecule has 38 heavy (non-hydrogen) atoms. The van der Waals surface area contributed by atoms with E-state index in [9.17, 15) is 22.8 Å². The fourth-order valence-electron chi connectivity index (χ4n) is 3.71. The van der Waals surface area contributed by atoms with Gasteiger partial charge < -0.3 is 15.4 Å². The SMILES string of the molecule is CC(C)C[C@@H](C(=O)NN(c1ccccc1)S(C)(=O)=O)[C@H](CNC(=O)Nc1ccccc1)C(=O)OC(C)(C)C. The Morgan fingerprint density at radius 2 is 1.47 bits per heavy atom. The van der Waals surface area contributed by atoms with Crippen molar-refractivity contribution in [3.8, 4) is 0 Å². The van der Waals surface area contributed by atoms with Crippen molar-refractivity contribution in [2.45, 2.75) is 46.6 Å². The van der Waals surface area contributed by atoms with E-state index in [4.69, 9.17) is 4.74 Å². The van der Waals surface area contributed by atoms with Gasteiger partial charge in [0.25, 0.3) is 0 Å². The number of rotatable bonds is 11. The van der Waals surface area contributed by atoms with Crippen LogP contribution in [-0.2, 0) is 24.3 Å². The molecule has 10 nitrogen and oxygen atoms in total. The molecule has 0 radical (unpaired) electrons. The Bertz CT molecular complexity index is 1180. The Labute approximate surface area is 225 Å². The lowest BCUT2D eigenvalue weighted by atomic mass is 9.84. The summed E-state index contributed by atoms with van der Waals surface area (Å²) in [5.74, 6) is -3.49. The highest BCUT2D eigenvalue weighted by molar-refractivity contribution is 7.92. The van der Waals surface area contributed by atoms with Gasteiger partial charge in [0.2, 0.25) is 15.9 Å². The summed E-state index contributed by atoms with van der Waals surface area (Å²) in [5, 5.41) is 5.34. The predicted octanol–water partition coefficient (Wildman–Crippen LogP) is 3.93. The molecule has 0 saturated carbocycles. The van der Waals surface area contributed by atoms with Crippen LogP contribution in [-0.4, -0.2) is 44.7 Å². The Hall–Kier alpha value is -3.60. The maximum atomic E-state index is 13.6. The molecule has 0 aliphatic rings. The molecule has 11 heteroatoms. The molecular formula is C27H38N4O6S. The number of hydrogen-bond donors (Lipinski definition) is 3. The van der Waals surface area contributed by atoms with Crippen LogP contribution in [0.15, 0.2) is 60.7 Å². The lowest BCUT2D eigenvalue weighted by molar-refractivity contribution is -0.163. The molecule has 2 rings (SSSR count). The third-order valence-corrected chi connectivity index (χ3v) is 6.27. The standard InChI is InChI=1S/C27H38N4O6S/c1-19(2)17-22(24(32)30-31(38(6,35)36)21-15-11-8-12-16-21)23(25(33)37-27(3,4)5)18-28-26(34)29-20-13-9-7-10-14-20/h7-16,19,22-23H,17-18H2,1-6H3,(H,30,32)(H2,28,29,34)/t22-,23+/m1/s1. The van der Waals surface area contributed by atoms with Crippen molar-refractivity contribution >= 4 is 39.3 Å². The molecule has 0 bridgehead atoms. The summed E-state index contributed by atoms with van der Waals surface area (Å²) in [6, 6.07) is 16.3. The van der Waals surface area contributed by atoms with E-state index in [2.05, 4.69) is 16.1 Å². The number of benzene rings is 2. The smallest absolute Gasteiger partial charge is 0.319 e. The highest BCUT2D eigenvalue weighted by atomic mass is 32.2. The predicted molar refractivity (Wildman–Crippen MR) is 148 cm³/mol. The number of amides is 3. The molecule has 0 aromatic heterocycles. The lowest BCUT2D eigenvalue weighted by Crippen LogP contribution is -2.52. The molecule has 0 spiro atoms. The fraction of sp³-hybridized carbons (Fsp3) is 0.444. The molecule has 3 N–H and O–H groups in total. The van der Waals surface area contributed by atoms with Crippen LogP contribution in [0.4, 0.5) is 16.2 Å². The van der Waals surface area contributed by atoms with Crippen molar-refractivity contribution in [3.63, 3.8) is 0 Å². The number of anilines is 2. The topological polar surface area (TPSA) is 134 Å². The van der Waals surface area contributed by atoms with Crippen molar-refractivity contribution in [1.29, 1.82) is 0 Å². The van der Waals surface area contributed by atoms with Crippen LogP contribution in [0.5, 0.6) is 0 Å². The van der Waals surface area contributed by atoms with Crippen LogP contribution in [0.3, 0.4) is 0 Å². The summed E-state index contributed by atoms with van der Waals surface area (Å²) in [4.78, 5) is 39.5. The average molecular weight is 547 g/mol. The van der Waals surface area contributed by atoms with Gasteiger partial charge in [0, 0.05) is 12.2 Å². The maximum absolute atomic E-state index is 13.6. The van der Waals surface area contributed by atoms with Crippen molar-refractivity contribution in [2.75, 3.05) is 22.5 Å². The van der Waals surface area contributed by atoms with Crippen LogP contribution in [0.25, 0.3) is 0 Å². The third kappa shape index (κ3) is 10.0. The molecule has 208 valence electrons. The minimum absolute atomic E-state index is 0.0303. The largest absolute Gasteiger partial charge is 0.460 e. The first-order valence-corrected chi connectivity index (χ1v) is 14.2. The number of esters is 1. The van der Waals surface area contributed by atoms with Crippen LogP contribution in [0, 0.1) is 17.8 Å². The molecule has 0 unspecified atom stereocenters. The number of sulfonamides is 1. The van der Waals surface area contributed by atoms with Crippen molar-refractivity contribution in [1.82, 2.24) is 10.7 Å². The van der Waals surface area contributed by atoms with Crippen LogP contribution >= 0.6 is 0 Å². The molecule has 2 atom stereocenters. The van der Waals surface area contributed by atoms with Crippen molar-refractivity contribution in [2.24, 2.45) is 17.8 Å². The van der Waals surface area contributed by atoms with Gasteiger partial charge in [-0.15, -0.1) is 0 Å². The van der Waals surface area contributed by atoms with E-state index in [0.29, 0.717) is 5.69 Å². The molecular weight excluding hydrogens is 508 g/mol. The van der Waals surface area contributed by atoms with Crippen molar-refractivity contribution in [3.05, 3.63) is 60.7 Å². The Kier molecular flexibility index (Phi) is 10.7. The zero-order valence-corrected chi connectivity index (χ0v) is 23.5. The van der Waals surface area contributed by atoms with E-state index in [1.165, 1.54) is 0 Å². The first-order valence-electron chi connectivity index (χ1n) is 12.4. The summed E-state index contributed by atoms with van der Waals surface area (Å²) in [7, 11) is -3.90. The summed E-state index contributed by atoms with van der Waals surface area (Å²) < 4.78 is 31.5. The fourth-order valence-corrected chi connectivity index (χ4v) is 4.47. The summed E-state index contributed by atoms with van der Waals surface area (Å²) in [6.07, 6.45) is 1.21. The number of ether oxygens (including phenoxy) is 1. The van der Waals surface area contributed by atoms with Gasteiger partial charge in [-0.25, -0.2) is 13.2 Å². The molecule has 2 aromatic carbocycles. The molecule has 0 aliphatic heterocycles. The van der Waals surface area contributed by atoms with Gasteiger partial charge in [-0.05, 0) is 57.4 Å². The number of nitrogens with one attached hydrogen (secondary N) is 3. The molecule has 3 amide bonds. The zero-order valence-electron chi connectivity index (χ0n) is 22.7. The molecule has 0 saturated heterocycles. The van der Waals surface area contributed by atoms with E-state index in [0.717, 1.165) is 10.7 Å². The number of urea groups is 1. The molecule has 0 aliphatic carbocycles. The van der Waals surface area contributed by atoms with E-state index >= 15 is 0 Å². The van der Waals surface area contributed by atoms with Gasteiger partial charge in [-0.2, -0.15) is 4.41 Å². The van der Waals surface area contributed by atoms with Gasteiger partial charge >= 0.3 is 12.0 Å². The van der Waals surface area contributed by atoms with E-state index in [1.54, 1.807) is 75.4 Å². The average Bonchev–Trinajstić information content (AvgIpc) is 2.81. The second-order valence-electron chi connectivity index (χ2n) is 10.4. The number of para-hydroxylation sites is 2. The minimum Gasteiger partial charge on any atom is -0.460 e. The molecule has 0 heterocycles. The normalized spacial score (nSPS) is 13.2. The van der Waals surface area contributed by atoms with Gasteiger partial charge in [0.1, 0.15) is 5.60 Å². The van der Waals surface area contributed by atoms with E-state index < -0.39 is 45.4 Å². The van der Waals surface area contributed by atoms with E-state index in [1.807, 2.05) is 19.9 Å². The number of hydrogen-bond acceptors (Lipinski definition) is 6. The van der Waals surface area contributed by atoms with Crippen molar-refractivity contribution < 1.29 is 27.5 Å². The van der Waals surface area contributed by atoms with Gasteiger partial charge in [0.05, 0.1) is 23.8 Å². The Balaban J connectivity index is 2.35. The van der Waals surface area contributed by atoms with Gasteiger partial charge in [-0.1, -0.05) is 50.2 Å². The second-order valence-corrected chi connectivity index (χ2v) is 12.2. The Morgan fingerprint density at radius 1 is 0.921 bits per heavy atom. The Morgan fingerprint density at radius 3 is 1.97 bits per heavy atom. The first-order chi connectivity index (χ1) is 17.7. The molecule has 0 fully saturated rings. The van der Waals surface area contributed by atoms with Crippen LogP contribution < -0.4 is 20.5 Å². The molecule has 2 aromatic rings. The number of carbonyl (C=O) groups excluding carboxylic acids is 3. The highest BCUT2D eigenvalue weighted by Crippen LogP contribution is 2.26. The summed E-state index contributed by atoms with van der Waals surface area (Å²) >= 11 is 0. The lowest BCUT2D eigenvalue weighted by Gasteiger charge is -2.31. The van der Waals surface area contributed by atoms with Crippen LogP contribution in [0.2, 0.25) is 0 Å². The third-order valence-electron chi connectivity index (χ3n) is 5.31. The van der Waals surface area contributed by atoms with E-state index in [-0.39, 0.29) is 24.6 Å². The number of nitrogens with zero attached hydrogens (tertiary/aromatic N) is 1. The first kappa shape index (κ1) is 30.6. The highest BCUT2D eigenvalue weighted by Gasteiger charge is 2.38. The number of hydrazine groups is 1. The number of carbonyl (C=O) groups is 3. The monoisotopic (exact) mass is 546 g/mol. The quantitative estimate of drug-likeness (QED) is 0.289. The zero-order chi connectivity index (χ0) is 28.5. The second kappa shape index (κ2) is 13.3. The maximum Gasteiger partial charge on any atom is 0.319 e. The minimum atomic E-state index is -3.90. The van der Waals surface area contributed by atoms with Gasteiger partial charge in [-0.3, -0.25) is 15.0 Å². The van der Waals surface area contributed by atoms with Gasteiger partial charge in [0.15, 0.2) is 0 Å². The summed E-state index contributed by atoms with van der Waals surface area (Å²) in [5.41, 5.74) is 2.43. The van der Waals surface area contributed by atoms with Crippen LogP contribution in [0.1, 0.15) is 41.0 Å².